The Balaban J connectivity index is 1.91. The summed E-state index contributed by atoms with van der Waals surface area (Å²) in [6.07, 6.45) is 2.13. The highest BCUT2D eigenvalue weighted by atomic mass is 16.6. The molecular formula is C14H19N3O4. The largest absolute Gasteiger partial charge is 0.496 e. The normalized spacial score (nSPS) is 14.2. The summed E-state index contributed by atoms with van der Waals surface area (Å²) >= 11 is 0. The summed E-state index contributed by atoms with van der Waals surface area (Å²) in [5.41, 5.74) is 0.701. The molecule has 7 nitrogen and oxygen atoms in total. The number of methoxy groups -OCH3 is 1. The SMILES string of the molecule is COc1cc(CNCC(=O)N2CCCC2)cc([N+](=O)[O-])c1. The van der Waals surface area contributed by atoms with Crippen LogP contribution in [0.5, 0.6) is 5.75 Å². The fraction of sp³-hybridized carbons (Fsp3) is 0.500. The Hall–Kier alpha value is -2.15. The molecule has 0 unspecified atom stereocenters. The van der Waals surface area contributed by atoms with E-state index in [0.29, 0.717) is 12.3 Å². The minimum Gasteiger partial charge on any atom is -0.496 e. The zero-order chi connectivity index (χ0) is 15.2. The van der Waals surface area contributed by atoms with Gasteiger partial charge in [-0.25, -0.2) is 0 Å². The minimum absolute atomic E-state index is 0.0166. The number of amides is 1. The summed E-state index contributed by atoms with van der Waals surface area (Å²) in [6, 6.07) is 4.58. The molecular weight excluding hydrogens is 274 g/mol. The maximum atomic E-state index is 11.9. The quantitative estimate of drug-likeness (QED) is 0.631. The monoisotopic (exact) mass is 293 g/mol. The first-order valence-corrected chi connectivity index (χ1v) is 6.91. The predicted octanol–water partition coefficient (Wildman–Crippen LogP) is 1.32. The first kappa shape index (κ1) is 15.2. The molecule has 0 aromatic heterocycles. The summed E-state index contributed by atoms with van der Waals surface area (Å²) in [5, 5.41) is 13.9. The summed E-state index contributed by atoms with van der Waals surface area (Å²) in [6.45, 7) is 2.28. The van der Waals surface area contributed by atoms with E-state index >= 15 is 0 Å². The molecule has 1 aromatic carbocycles. The highest BCUT2D eigenvalue weighted by Gasteiger charge is 2.17. The molecule has 7 heteroatoms. The molecule has 0 atom stereocenters. The molecule has 2 rings (SSSR count). The van der Waals surface area contributed by atoms with Gasteiger partial charge < -0.3 is 15.0 Å². The third kappa shape index (κ3) is 4.16. The number of nitro benzene ring substituents is 1. The Labute approximate surface area is 123 Å². The predicted molar refractivity (Wildman–Crippen MR) is 77.2 cm³/mol. The first-order chi connectivity index (χ1) is 10.1. The Kier molecular flexibility index (Phi) is 5.10. The van der Waals surface area contributed by atoms with Gasteiger partial charge in [-0.05, 0) is 24.5 Å². The van der Waals surface area contributed by atoms with Crippen molar-refractivity contribution in [1.29, 1.82) is 0 Å². The molecule has 0 spiro atoms. The first-order valence-electron chi connectivity index (χ1n) is 6.91. The molecule has 1 heterocycles. The molecule has 1 aromatic rings. The second-order valence-electron chi connectivity index (χ2n) is 4.99. The average molecular weight is 293 g/mol. The molecule has 0 radical (unpaired) electrons. The van der Waals surface area contributed by atoms with E-state index in [2.05, 4.69) is 5.32 Å². The fourth-order valence-corrected chi connectivity index (χ4v) is 2.36. The van der Waals surface area contributed by atoms with Crippen LogP contribution < -0.4 is 10.1 Å². The van der Waals surface area contributed by atoms with E-state index in [1.165, 1.54) is 19.2 Å². The lowest BCUT2D eigenvalue weighted by atomic mass is 10.2. The lowest BCUT2D eigenvalue weighted by Gasteiger charge is -2.15. The standard InChI is InChI=1S/C14H19N3O4/c1-21-13-7-11(6-12(8-13)17(19)20)9-15-10-14(18)16-4-2-3-5-16/h6-8,15H,2-5,9-10H2,1H3. The number of hydrogen-bond acceptors (Lipinski definition) is 5. The topological polar surface area (TPSA) is 84.7 Å². The van der Waals surface area contributed by atoms with Gasteiger partial charge in [0.05, 0.1) is 24.6 Å². The number of carbonyl (C=O) groups is 1. The summed E-state index contributed by atoms with van der Waals surface area (Å²) in [4.78, 5) is 24.1. The molecule has 1 aliphatic heterocycles. The molecule has 1 amide bonds. The fourth-order valence-electron chi connectivity index (χ4n) is 2.36. The van der Waals surface area contributed by atoms with Crippen molar-refractivity contribution in [2.75, 3.05) is 26.7 Å². The van der Waals surface area contributed by atoms with Crippen molar-refractivity contribution >= 4 is 11.6 Å². The third-order valence-corrected chi connectivity index (χ3v) is 3.46. The molecule has 0 bridgehead atoms. The van der Waals surface area contributed by atoms with Crippen LogP contribution in [0, 0.1) is 10.1 Å². The van der Waals surface area contributed by atoms with Crippen LogP contribution in [0.4, 0.5) is 5.69 Å². The van der Waals surface area contributed by atoms with E-state index in [0.717, 1.165) is 31.5 Å². The van der Waals surface area contributed by atoms with Crippen LogP contribution in [0.25, 0.3) is 0 Å². The van der Waals surface area contributed by atoms with Gasteiger partial charge in [0, 0.05) is 25.7 Å². The van der Waals surface area contributed by atoms with Crippen molar-refractivity contribution in [3.05, 3.63) is 33.9 Å². The summed E-state index contributed by atoms with van der Waals surface area (Å²) in [7, 11) is 1.47. The van der Waals surface area contributed by atoms with Gasteiger partial charge in [-0.1, -0.05) is 0 Å². The second-order valence-corrected chi connectivity index (χ2v) is 4.99. The van der Waals surface area contributed by atoms with E-state index in [1.807, 2.05) is 4.90 Å². The van der Waals surface area contributed by atoms with Gasteiger partial charge in [-0.2, -0.15) is 0 Å². The molecule has 1 saturated heterocycles. The van der Waals surface area contributed by atoms with Gasteiger partial charge in [-0.3, -0.25) is 14.9 Å². The van der Waals surface area contributed by atoms with Crippen LogP contribution in [-0.4, -0.2) is 42.5 Å². The molecule has 0 saturated carbocycles. The van der Waals surface area contributed by atoms with Crippen LogP contribution in [0.2, 0.25) is 0 Å². The zero-order valence-corrected chi connectivity index (χ0v) is 12.0. The molecule has 1 N–H and O–H groups in total. The van der Waals surface area contributed by atoms with E-state index < -0.39 is 4.92 Å². The van der Waals surface area contributed by atoms with Crippen molar-refractivity contribution in [1.82, 2.24) is 10.2 Å². The lowest BCUT2D eigenvalue weighted by molar-refractivity contribution is -0.385. The van der Waals surface area contributed by atoms with E-state index in [1.54, 1.807) is 6.07 Å². The van der Waals surface area contributed by atoms with Gasteiger partial charge in [0.2, 0.25) is 5.91 Å². The Bertz CT molecular complexity index is 527. The van der Waals surface area contributed by atoms with Crippen molar-refractivity contribution in [3.63, 3.8) is 0 Å². The van der Waals surface area contributed by atoms with Crippen LogP contribution in [0.3, 0.4) is 0 Å². The summed E-state index contributed by atoms with van der Waals surface area (Å²) in [5.74, 6) is 0.511. The highest BCUT2D eigenvalue weighted by Crippen LogP contribution is 2.22. The van der Waals surface area contributed by atoms with Crippen LogP contribution >= 0.6 is 0 Å². The number of nitrogens with zero attached hydrogens (tertiary/aromatic N) is 2. The number of likely N-dealkylation sites (tertiary alicyclic amines) is 1. The summed E-state index contributed by atoms with van der Waals surface area (Å²) < 4.78 is 5.05. The van der Waals surface area contributed by atoms with Crippen molar-refractivity contribution in [3.8, 4) is 5.75 Å². The zero-order valence-electron chi connectivity index (χ0n) is 12.0. The number of nitro groups is 1. The number of benzene rings is 1. The van der Waals surface area contributed by atoms with Crippen LogP contribution in [0.15, 0.2) is 18.2 Å². The van der Waals surface area contributed by atoms with Crippen molar-refractivity contribution < 1.29 is 14.5 Å². The smallest absolute Gasteiger partial charge is 0.273 e. The molecule has 1 fully saturated rings. The maximum absolute atomic E-state index is 11.9. The lowest BCUT2D eigenvalue weighted by Crippen LogP contribution is -2.35. The third-order valence-electron chi connectivity index (χ3n) is 3.46. The van der Waals surface area contributed by atoms with E-state index in [-0.39, 0.29) is 18.1 Å². The Morgan fingerprint density at radius 2 is 2.10 bits per heavy atom. The molecule has 1 aliphatic rings. The Morgan fingerprint density at radius 1 is 1.38 bits per heavy atom. The highest BCUT2D eigenvalue weighted by molar-refractivity contribution is 5.78. The van der Waals surface area contributed by atoms with E-state index in [4.69, 9.17) is 4.74 Å². The minimum atomic E-state index is -0.457. The van der Waals surface area contributed by atoms with Crippen LogP contribution in [0.1, 0.15) is 18.4 Å². The number of hydrogen-bond donors (Lipinski definition) is 1. The van der Waals surface area contributed by atoms with Crippen molar-refractivity contribution in [2.45, 2.75) is 19.4 Å². The van der Waals surface area contributed by atoms with E-state index in [9.17, 15) is 14.9 Å². The molecule has 21 heavy (non-hydrogen) atoms. The number of ether oxygens (including phenoxy) is 1. The number of rotatable bonds is 6. The van der Waals surface area contributed by atoms with Gasteiger partial charge >= 0.3 is 0 Å². The molecule has 0 aliphatic carbocycles. The second kappa shape index (κ2) is 7.03. The number of carbonyl (C=O) groups excluding carboxylic acids is 1. The van der Waals surface area contributed by atoms with Gasteiger partial charge in [0.25, 0.3) is 5.69 Å². The number of nitrogens with one attached hydrogen (secondary N) is 1. The number of non-ortho nitro benzene ring substituents is 1. The average Bonchev–Trinajstić information content (AvgIpc) is 3.01. The molecule has 114 valence electrons. The van der Waals surface area contributed by atoms with Gasteiger partial charge in [0.1, 0.15) is 5.75 Å². The Morgan fingerprint density at radius 3 is 2.71 bits per heavy atom. The van der Waals surface area contributed by atoms with Crippen LogP contribution in [-0.2, 0) is 11.3 Å². The maximum Gasteiger partial charge on any atom is 0.273 e. The van der Waals surface area contributed by atoms with Gasteiger partial charge in [-0.15, -0.1) is 0 Å². The van der Waals surface area contributed by atoms with Crippen molar-refractivity contribution in [2.24, 2.45) is 0 Å². The van der Waals surface area contributed by atoms with Gasteiger partial charge in [0.15, 0.2) is 0 Å².